The topological polar surface area (TPSA) is 81.7 Å². The smallest absolute Gasteiger partial charge is 0.344 e. The first-order chi connectivity index (χ1) is 15.4. The Morgan fingerprint density at radius 3 is 2.28 bits per heavy atom. The summed E-state index contributed by atoms with van der Waals surface area (Å²) in [6.07, 6.45) is 11.6. The van der Waals surface area contributed by atoms with Gasteiger partial charge in [0.15, 0.2) is 0 Å². The summed E-state index contributed by atoms with van der Waals surface area (Å²) >= 11 is 0. The highest BCUT2D eigenvalue weighted by Crippen LogP contribution is 2.40. The van der Waals surface area contributed by atoms with Gasteiger partial charge in [0.1, 0.15) is 0 Å². The van der Waals surface area contributed by atoms with Gasteiger partial charge in [-0.25, -0.2) is 9.59 Å². The van der Waals surface area contributed by atoms with Crippen molar-refractivity contribution in [2.75, 3.05) is 14.2 Å². The van der Waals surface area contributed by atoms with Gasteiger partial charge >= 0.3 is 11.9 Å². The third kappa shape index (κ3) is 6.11. The van der Waals surface area contributed by atoms with Gasteiger partial charge in [-0.2, -0.15) is 0 Å². The maximum atomic E-state index is 13.0. The van der Waals surface area contributed by atoms with Crippen LogP contribution in [-0.2, 0) is 36.7 Å². The van der Waals surface area contributed by atoms with E-state index in [2.05, 4.69) is 30.4 Å². The molecule has 32 heavy (non-hydrogen) atoms. The lowest BCUT2D eigenvalue weighted by Crippen LogP contribution is -2.64. The van der Waals surface area contributed by atoms with Gasteiger partial charge in [-0.3, -0.25) is 4.79 Å². The van der Waals surface area contributed by atoms with Crippen molar-refractivity contribution in [3.8, 4) is 0 Å². The summed E-state index contributed by atoms with van der Waals surface area (Å²) in [5, 5.41) is 2.64. The number of carbonyl (C=O) groups is 3. The fraction of sp³-hybridized carbons (Fsp3) is 0.654. The summed E-state index contributed by atoms with van der Waals surface area (Å²) in [7, 11) is 2.46. The van der Waals surface area contributed by atoms with Gasteiger partial charge in [-0.15, -0.1) is 0 Å². The first-order valence-corrected chi connectivity index (χ1v) is 12.0. The van der Waals surface area contributed by atoms with Crippen molar-refractivity contribution >= 4 is 17.8 Å². The molecule has 0 radical (unpaired) electrons. The number of rotatable bonds is 11. The van der Waals surface area contributed by atoms with Gasteiger partial charge in [0.25, 0.3) is 0 Å². The molecule has 0 bridgehead atoms. The number of unbranched alkanes of at least 4 members (excludes halogenated alkanes) is 5. The van der Waals surface area contributed by atoms with Gasteiger partial charge in [-0.1, -0.05) is 63.6 Å². The Morgan fingerprint density at radius 1 is 1.00 bits per heavy atom. The number of esters is 2. The maximum Gasteiger partial charge on any atom is 0.344 e. The molecule has 1 aliphatic rings. The highest BCUT2D eigenvalue weighted by Gasteiger charge is 2.56. The van der Waals surface area contributed by atoms with Crippen molar-refractivity contribution in [2.45, 2.75) is 95.9 Å². The van der Waals surface area contributed by atoms with E-state index in [-0.39, 0.29) is 0 Å². The minimum Gasteiger partial charge on any atom is -0.467 e. The zero-order valence-corrected chi connectivity index (χ0v) is 20.1. The molecule has 1 N–H and O–H groups in total. The zero-order chi connectivity index (χ0) is 23.6. The van der Waals surface area contributed by atoms with Crippen LogP contribution in [0.25, 0.3) is 0 Å². The van der Waals surface area contributed by atoms with Crippen LogP contribution in [0.3, 0.4) is 0 Å². The number of hydrogen-bond acceptors (Lipinski definition) is 5. The van der Waals surface area contributed by atoms with E-state index >= 15 is 0 Å². The van der Waals surface area contributed by atoms with E-state index in [1.807, 2.05) is 0 Å². The van der Waals surface area contributed by atoms with Crippen LogP contribution in [0.2, 0.25) is 0 Å². The Labute approximate surface area is 192 Å². The monoisotopic (exact) mass is 445 g/mol. The molecule has 0 spiro atoms. The number of fused-ring (bicyclic) bond motifs is 1. The van der Waals surface area contributed by atoms with Gasteiger partial charge in [0.05, 0.1) is 14.2 Å². The van der Waals surface area contributed by atoms with Crippen LogP contribution in [-0.4, -0.2) is 37.6 Å². The van der Waals surface area contributed by atoms with Crippen LogP contribution >= 0.6 is 0 Å². The van der Waals surface area contributed by atoms with Crippen LogP contribution in [0.5, 0.6) is 0 Å². The summed E-state index contributed by atoms with van der Waals surface area (Å²) in [5.74, 6) is -2.61. The van der Waals surface area contributed by atoms with Crippen LogP contribution in [0.4, 0.5) is 0 Å². The normalized spacial score (nSPS) is 15.9. The van der Waals surface area contributed by atoms with Crippen molar-refractivity contribution in [3.05, 3.63) is 34.9 Å². The lowest BCUT2D eigenvalue weighted by atomic mass is 9.75. The number of hydrogen-bond donors (Lipinski definition) is 1. The minimum absolute atomic E-state index is 0.477. The van der Waals surface area contributed by atoms with Crippen molar-refractivity contribution < 1.29 is 23.9 Å². The molecular formula is C26H39NO5. The van der Waals surface area contributed by atoms with Crippen molar-refractivity contribution in [1.82, 2.24) is 5.32 Å². The van der Waals surface area contributed by atoms with Gasteiger partial charge in [-0.05, 0) is 48.8 Å². The second kappa shape index (κ2) is 12.6. The Bertz CT molecular complexity index is 772. The molecule has 1 unspecified atom stereocenters. The average molecular weight is 446 g/mol. The van der Waals surface area contributed by atoms with E-state index < -0.39 is 29.3 Å². The first-order valence-electron chi connectivity index (χ1n) is 12.0. The lowest BCUT2D eigenvalue weighted by molar-refractivity contribution is -0.167. The summed E-state index contributed by atoms with van der Waals surface area (Å²) in [4.78, 5) is 38.2. The second-order valence-corrected chi connectivity index (χ2v) is 8.82. The Hall–Kier alpha value is -2.37. The molecule has 1 amide bonds. The molecule has 0 fully saturated rings. The molecule has 0 heterocycles. The molecule has 1 aromatic carbocycles. The van der Waals surface area contributed by atoms with Crippen molar-refractivity contribution in [3.63, 3.8) is 0 Å². The number of carbonyl (C=O) groups excluding carboxylic acids is 3. The van der Waals surface area contributed by atoms with Crippen LogP contribution in [0, 0.1) is 0 Å². The summed E-state index contributed by atoms with van der Waals surface area (Å²) in [6.45, 7) is 3.52. The van der Waals surface area contributed by atoms with E-state index in [1.54, 1.807) is 0 Å². The van der Waals surface area contributed by atoms with Crippen LogP contribution < -0.4 is 5.32 Å². The third-order valence-corrected chi connectivity index (χ3v) is 6.50. The van der Waals surface area contributed by atoms with E-state index in [0.717, 1.165) is 43.2 Å². The number of aryl methyl sites for hydroxylation is 2. The van der Waals surface area contributed by atoms with Crippen molar-refractivity contribution in [2.24, 2.45) is 0 Å². The summed E-state index contributed by atoms with van der Waals surface area (Å²) in [5.41, 5.74) is 1.35. The molecule has 0 aliphatic heterocycles. The molecule has 6 heteroatoms. The zero-order valence-electron chi connectivity index (χ0n) is 20.1. The third-order valence-electron chi connectivity index (χ3n) is 6.50. The Kier molecular flexibility index (Phi) is 10.2. The molecule has 6 nitrogen and oxygen atoms in total. The quantitative estimate of drug-likeness (QED) is 0.233. The number of nitrogens with one attached hydrogen (secondary N) is 1. The number of ether oxygens (including phenoxy) is 2. The summed E-state index contributed by atoms with van der Waals surface area (Å²) in [6, 6.07) is 6.40. The molecule has 0 aromatic heterocycles. The molecular weight excluding hydrogens is 406 g/mol. The van der Waals surface area contributed by atoms with Crippen LogP contribution in [0.1, 0.15) is 94.2 Å². The molecule has 0 saturated carbocycles. The van der Waals surface area contributed by atoms with Crippen LogP contribution in [0.15, 0.2) is 18.2 Å². The van der Waals surface area contributed by atoms with Crippen molar-refractivity contribution in [1.29, 1.82) is 0 Å². The number of benzene rings is 1. The average Bonchev–Trinajstić information content (AvgIpc) is 3.00. The van der Waals surface area contributed by atoms with E-state index in [9.17, 15) is 14.4 Å². The molecule has 0 saturated heterocycles. The molecule has 1 atom stereocenters. The van der Waals surface area contributed by atoms with Gasteiger partial charge in [0, 0.05) is 12.8 Å². The second-order valence-electron chi connectivity index (χ2n) is 8.82. The standard InChI is InChI=1S/C26H39NO5/c1-5-6-7-8-9-10-13-20-16-17-21-14-11-12-15-23(22(21)18-20)26(24(29)31-3,25(30)32-4)27-19(2)28/h16-18,23H,5-15H2,1-4H3,(H,27,28). The van der Waals surface area contributed by atoms with E-state index in [1.165, 1.54) is 58.8 Å². The molecule has 1 aliphatic carbocycles. The highest BCUT2D eigenvalue weighted by molar-refractivity contribution is 6.09. The predicted octanol–water partition coefficient (Wildman–Crippen LogP) is 4.62. The Morgan fingerprint density at radius 2 is 1.66 bits per heavy atom. The molecule has 1 aromatic rings. The Balaban J connectivity index is 2.41. The van der Waals surface area contributed by atoms with Gasteiger partial charge < -0.3 is 14.8 Å². The minimum atomic E-state index is -1.90. The van der Waals surface area contributed by atoms with E-state index in [0.29, 0.717) is 6.42 Å². The highest BCUT2D eigenvalue weighted by atomic mass is 16.5. The summed E-state index contributed by atoms with van der Waals surface area (Å²) < 4.78 is 10.1. The number of methoxy groups -OCH3 is 2. The molecule has 2 rings (SSSR count). The van der Waals surface area contributed by atoms with E-state index in [4.69, 9.17) is 9.47 Å². The number of amides is 1. The SMILES string of the molecule is CCCCCCCCc1ccc2c(c1)C(C(NC(C)=O)(C(=O)OC)C(=O)OC)CCCC2. The largest absolute Gasteiger partial charge is 0.467 e. The first kappa shape index (κ1) is 25.9. The lowest BCUT2D eigenvalue weighted by Gasteiger charge is -2.36. The maximum absolute atomic E-state index is 13.0. The fourth-order valence-corrected chi connectivity index (χ4v) is 4.89. The molecule has 178 valence electrons. The van der Waals surface area contributed by atoms with Gasteiger partial charge in [0.2, 0.25) is 11.4 Å². The predicted molar refractivity (Wildman–Crippen MR) is 124 cm³/mol. The fourth-order valence-electron chi connectivity index (χ4n) is 4.89.